The topological polar surface area (TPSA) is 57.5 Å². The molecule has 0 aromatic heterocycles. The number of phenols is 2. The molecule has 1 aromatic carbocycles. The highest BCUT2D eigenvalue weighted by atomic mass is 16.3. The average molecular weight is 166 g/mol. The normalized spacial score (nSPS) is 12.4. The lowest BCUT2D eigenvalue weighted by molar-refractivity contribution is -0.108. The van der Waals surface area contributed by atoms with Crippen molar-refractivity contribution in [3.63, 3.8) is 0 Å². The highest BCUT2D eigenvalue weighted by molar-refractivity contribution is 5.66. The van der Waals surface area contributed by atoms with E-state index in [0.717, 1.165) is 0 Å². The van der Waals surface area contributed by atoms with Crippen LogP contribution in [-0.4, -0.2) is 16.5 Å². The van der Waals surface area contributed by atoms with E-state index in [-0.39, 0.29) is 17.1 Å². The molecule has 3 nitrogen and oxygen atoms in total. The molecule has 0 radical (unpaired) electrons. The van der Waals surface area contributed by atoms with Gasteiger partial charge in [0.05, 0.1) is 0 Å². The molecule has 0 fully saturated rings. The fraction of sp³-hybridized carbons (Fsp3) is 0.222. The Hall–Kier alpha value is -1.51. The average Bonchev–Trinajstić information content (AvgIpc) is 2.03. The second-order valence-electron chi connectivity index (χ2n) is 2.63. The van der Waals surface area contributed by atoms with Gasteiger partial charge in [-0.1, -0.05) is 13.0 Å². The molecule has 0 bridgehead atoms. The van der Waals surface area contributed by atoms with Gasteiger partial charge < -0.3 is 15.0 Å². The van der Waals surface area contributed by atoms with Gasteiger partial charge in [-0.3, -0.25) is 0 Å². The second-order valence-corrected chi connectivity index (χ2v) is 2.63. The molecule has 12 heavy (non-hydrogen) atoms. The number of carbonyl (C=O) groups is 1. The van der Waals surface area contributed by atoms with Crippen LogP contribution in [0.3, 0.4) is 0 Å². The van der Waals surface area contributed by atoms with Gasteiger partial charge in [-0.15, -0.1) is 0 Å². The van der Waals surface area contributed by atoms with Crippen LogP contribution >= 0.6 is 0 Å². The quantitative estimate of drug-likeness (QED) is 0.653. The SMILES string of the molecule is CC(C=O)c1c(O)cccc1O. The predicted molar refractivity (Wildman–Crippen MR) is 44.3 cm³/mol. The van der Waals surface area contributed by atoms with Gasteiger partial charge in [0, 0.05) is 11.5 Å². The van der Waals surface area contributed by atoms with Gasteiger partial charge in [0.15, 0.2) is 0 Å². The smallest absolute Gasteiger partial charge is 0.127 e. The highest BCUT2D eigenvalue weighted by Gasteiger charge is 2.13. The first-order valence-corrected chi connectivity index (χ1v) is 3.63. The molecule has 3 heteroatoms. The summed E-state index contributed by atoms with van der Waals surface area (Å²) < 4.78 is 0. The zero-order valence-electron chi connectivity index (χ0n) is 6.69. The summed E-state index contributed by atoms with van der Waals surface area (Å²) in [6.45, 7) is 1.61. The van der Waals surface area contributed by atoms with Crippen molar-refractivity contribution in [2.45, 2.75) is 12.8 Å². The zero-order valence-corrected chi connectivity index (χ0v) is 6.69. The minimum atomic E-state index is -0.480. The van der Waals surface area contributed by atoms with Crippen molar-refractivity contribution in [2.75, 3.05) is 0 Å². The molecule has 0 saturated carbocycles. The first-order chi connectivity index (χ1) is 5.66. The Morgan fingerprint density at radius 2 is 1.83 bits per heavy atom. The maximum atomic E-state index is 10.4. The summed E-state index contributed by atoms with van der Waals surface area (Å²) in [6, 6.07) is 4.40. The maximum Gasteiger partial charge on any atom is 0.127 e. The summed E-state index contributed by atoms with van der Waals surface area (Å²) in [7, 11) is 0. The van der Waals surface area contributed by atoms with Crippen molar-refractivity contribution >= 4 is 6.29 Å². The molecule has 2 N–H and O–H groups in total. The summed E-state index contributed by atoms with van der Waals surface area (Å²) >= 11 is 0. The van der Waals surface area contributed by atoms with Crippen LogP contribution in [0.1, 0.15) is 18.4 Å². The van der Waals surface area contributed by atoms with Crippen molar-refractivity contribution in [1.82, 2.24) is 0 Å². The monoisotopic (exact) mass is 166 g/mol. The van der Waals surface area contributed by atoms with Gasteiger partial charge >= 0.3 is 0 Å². The summed E-state index contributed by atoms with van der Waals surface area (Å²) in [4.78, 5) is 10.4. The van der Waals surface area contributed by atoms with Gasteiger partial charge in [-0.2, -0.15) is 0 Å². The largest absolute Gasteiger partial charge is 0.508 e. The van der Waals surface area contributed by atoms with E-state index in [4.69, 9.17) is 0 Å². The van der Waals surface area contributed by atoms with E-state index in [1.807, 2.05) is 0 Å². The second kappa shape index (κ2) is 3.26. The number of rotatable bonds is 2. The summed E-state index contributed by atoms with van der Waals surface area (Å²) in [5, 5.41) is 18.5. The van der Waals surface area contributed by atoms with E-state index in [1.54, 1.807) is 6.92 Å². The van der Waals surface area contributed by atoms with Crippen molar-refractivity contribution in [2.24, 2.45) is 0 Å². The van der Waals surface area contributed by atoms with Crippen LogP contribution in [-0.2, 0) is 4.79 Å². The van der Waals surface area contributed by atoms with Crippen molar-refractivity contribution in [1.29, 1.82) is 0 Å². The molecule has 0 aliphatic carbocycles. The molecule has 1 rings (SSSR count). The minimum absolute atomic E-state index is 0.0467. The van der Waals surface area contributed by atoms with E-state index in [0.29, 0.717) is 6.29 Å². The molecule has 0 aliphatic rings. The Kier molecular flexibility index (Phi) is 2.33. The zero-order chi connectivity index (χ0) is 9.14. The lowest BCUT2D eigenvalue weighted by atomic mass is 10.0. The van der Waals surface area contributed by atoms with Gasteiger partial charge in [-0.05, 0) is 12.1 Å². The lowest BCUT2D eigenvalue weighted by Crippen LogP contribution is -1.95. The van der Waals surface area contributed by atoms with E-state index in [9.17, 15) is 15.0 Å². The van der Waals surface area contributed by atoms with Gasteiger partial charge in [0.25, 0.3) is 0 Å². The third-order valence-electron chi connectivity index (χ3n) is 1.72. The first-order valence-electron chi connectivity index (χ1n) is 3.63. The van der Waals surface area contributed by atoms with Crippen LogP contribution < -0.4 is 0 Å². The molecular weight excluding hydrogens is 156 g/mol. The fourth-order valence-electron chi connectivity index (χ4n) is 1.08. The molecule has 64 valence electrons. The number of aldehydes is 1. The van der Waals surface area contributed by atoms with Crippen LogP contribution in [0.4, 0.5) is 0 Å². The number of benzene rings is 1. The van der Waals surface area contributed by atoms with Crippen LogP contribution in [0.15, 0.2) is 18.2 Å². The van der Waals surface area contributed by atoms with Gasteiger partial charge in [-0.25, -0.2) is 0 Å². The van der Waals surface area contributed by atoms with Gasteiger partial charge in [0.2, 0.25) is 0 Å². The van der Waals surface area contributed by atoms with Crippen molar-refractivity contribution in [3.8, 4) is 11.5 Å². The fourth-order valence-corrected chi connectivity index (χ4v) is 1.08. The van der Waals surface area contributed by atoms with Crippen molar-refractivity contribution < 1.29 is 15.0 Å². The lowest BCUT2D eigenvalue weighted by Gasteiger charge is -2.08. The summed E-state index contributed by atoms with van der Waals surface area (Å²) in [5.41, 5.74) is 0.285. The Balaban J connectivity index is 3.20. The van der Waals surface area contributed by atoms with Crippen LogP contribution in [0.5, 0.6) is 11.5 Å². The Morgan fingerprint density at radius 3 is 2.25 bits per heavy atom. The Labute approximate surface area is 70.3 Å². The molecule has 1 unspecified atom stereocenters. The Bertz CT molecular complexity index is 274. The third-order valence-corrected chi connectivity index (χ3v) is 1.72. The number of hydrogen-bond acceptors (Lipinski definition) is 3. The van der Waals surface area contributed by atoms with E-state index < -0.39 is 5.92 Å². The molecule has 0 saturated heterocycles. The van der Waals surface area contributed by atoms with Crippen LogP contribution in [0.25, 0.3) is 0 Å². The van der Waals surface area contributed by atoms with Crippen LogP contribution in [0.2, 0.25) is 0 Å². The molecule has 0 spiro atoms. The van der Waals surface area contributed by atoms with Crippen molar-refractivity contribution in [3.05, 3.63) is 23.8 Å². The molecule has 0 amide bonds. The molecule has 0 heterocycles. The standard InChI is InChI=1S/C9H10O3/c1-6(5-10)9-7(11)3-2-4-8(9)12/h2-6,11-12H,1H3. The summed E-state index contributed by atoms with van der Waals surface area (Å²) in [5.74, 6) is -0.574. The van der Waals surface area contributed by atoms with E-state index >= 15 is 0 Å². The van der Waals surface area contributed by atoms with E-state index in [2.05, 4.69) is 0 Å². The molecule has 1 aromatic rings. The van der Waals surface area contributed by atoms with E-state index in [1.165, 1.54) is 18.2 Å². The molecule has 1 atom stereocenters. The minimum Gasteiger partial charge on any atom is -0.508 e. The number of phenolic OH excluding ortho intramolecular Hbond substituents is 2. The highest BCUT2D eigenvalue weighted by Crippen LogP contribution is 2.32. The first kappa shape index (κ1) is 8.59. The number of aromatic hydroxyl groups is 2. The number of hydrogen-bond donors (Lipinski definition) is 2. The van der Waals surface area contributed by atoms with Crippen LogP contribution in [0, 0.1) is 0 Å². The maximum absolute atomic E-state index is 10.4. The van der Waals surface area contributed by atoms with Gasteiger partial charge in [0.1, 0.15) is 17.8 Å². The number of carbonyl (C=O) groups excluding carboxylic acids is 1. The predicted octanol–water partition coefficient (Wildman–Crippen LogP) is 1.40. The molecule has 0 aliphatic heterocycles. The third kappa shape index (κ3) is 1.39. The Morgan fingerprint density at radius 1 is 1.33 bits per heavy atom. The molecular formula is C9H10O3. The summed E-state index contributed by atoms with van der Waals surface area (Å²) in [6.07, 6.45) is 0.675.